The summed E-state index contributed by atoms with van der Waals surface area (Å²) in [5, 5.41) is 15.9. The number of hydrogen-bond acceptors (Lipinski definition) is 8. The maximum atomic E-state index is 12.1. The molecule has 1 heterocycles. The van der Waals surface area contributed by atoms with Crippen molar-refractivity contribution in [3.63, 3.8) is 0 Å². The van der Waals surface area contributed by atoms with E-state index in [1.165, 1.54) is 4.68 Å². The molecule has 0 unspecified atom stereocenters. The Morgan fingerprint density at radius 2 is 2.03 bits per heavy atom. The van der Waals surface area contributed by atoms with Crippen molar-refractivity contribution < 1.29 is 9.53 Å². The van der Waals surface area contributed by atoms with E-state index >= 15 is 0 Å². The molecule has 0 fully saturated rings. The SMILES string of the molecule is COc1ccc(/C(C)=N/Nc2nnc(SCC(=O)Nc3cccc(Cl)c3)n2N)cc1. The lowest BCUT2D eigenvalue weighted by atomic mass is 10.1. The first kappa shape index (κ1) is 21.5. The summed E-state index contributed by atoms with van der Waals surface area (Å²) in [5.41, 5.74) is 5.05. The molecule has 0 aliphatic heterocycles. The van der Waals surface area contributed by atoms with Gasteiger partial charge < -0.3 is 15.9 Å². The molecule has 0 aliphatic carbocycles. The minimum atomic E-state index is -0.215. The summed E-state index contributed by atoms with van der Waals surface area (Å²) in [6.45, 7) is 1.85. The highest BCUT2D eigenvalue weighted by Crippen LogP contribution is 2.19. The number of nitrogens with one attached hydrogen (secondary N) is 2. The van der Waals surface area contributed by atoms with Crippen LogP contribution in [0.2, 0.25) is 5.02 Å². The van der Waals surface area contributed by atoms with E-state index in [1.54, 1.807) is 31.4 Å². The van der Waals surface area contributed by atoms with Crippen molar-refractivity contribution in [3.05, 3.63) is 59.1 Å². The molecular weight excluding hydrogens is 426 g/mol. The van der Waals surface area contributed by atoms with Crippen LogP contribution in [0.25, 0.3) is 0 Å². The number of nitrogens with two attached hydrogens (primary N) is 1. The highest BCUT2D eigenvalue weighted by molar-refractivity contribution is 7.99. The number of amides is 1. The van der Waals surface area contributed by atoms with Crippen molar-refractivity contribution in [1.29, 1.82) is 0 Å². The Morgan fingerprint density at radius 3 is 2.73 bits per heavy atom. The van der Waals surface area contributed by atoms with Crippen LogP contribution in [0.3, 0.4) is 0 Å². The molecule has 0 spiro atoms. The number of hydrogen-bond donors (Lipinski definition) is 3. The van der Waals surface area contributed by atoms with Gasteiger partial charge in [-0.25, -0.2) is 10.1 Å². The lowest BCUT2D eigenvalue weighted by Gasteiger charge is -2.06. The van der Waals surface area contributed by atoms with E-state index in [0.29, 0.717) is 15.9 Å². The standard InChI is InChI=1S/C19H20ClN7O2S/c1-12(13-6-8-16(29-2)9-7-13)23-24-18-25-26-19(27(18)21)30-11-17(28)22-15-5-3-4-14(20)10-15/h3-10H,11,21H2,1-2H3,(H,22,28)(H,24,25)/b23-12+. The topological polar surface area (TPSA) is 119 Å². The van der Waals surface area contributed by atoms with Crippen LogP contribution in [-0.2, 0) is 4.79 Å². The van der Waals surface area contributed by atoms with Gasteiger partial charge >= 0.3 is 0 Å². The summed E-state index contributed by atoms with van der Waals surface area (Å²) in [7, 11) is 1.61. The highest BCUT2D eigenvalue weighted by Gasteiger charge is 2.12. The second-order valence-electron chi connectivity index (χ2n) is 6.06. The number of rotatable bonds is 8. The Bertz CT molecular complexity index is 1050. The van der Waals surface area contributed by atoms with Gasteiger partial charge in [0.1, 0.15) is 5.75 Å². The molecule has 0 saturated carbocycles. The van der Waals surface area contributed by atoms with Crippen LogP contribution in [0.1, 0.15) is 12.5 Å². The van der Waals surface area contributed by atoms with Crippen LogP contribution in [0.15, 0.2) is 58.8 Å². The fourth-order valence-corrected chi connectivity index (χ4v) is 3.22. The lowest BCUT2D eigenvalue weighted by Crippen LogP contribution is -2.17. The molecule has 11 heteroatoms. The van der Waals surface area contributed by atoms with Crippen molar-refractivity contribution in [2.75, 3.05) is 29.4 Å². The van der Waals surface area contributed by atoms with Crippen molar-refractivity contribution in [2.45, 2.75) is 12.1 Å². The summed E-state index contributed by atoms with van der Waals surface area (Å²) in [5.74, 6) is 6.91. The Kier molecular flexibility index (Phi) is 7.15. The maximum absolute atomic E-state index is 12.1. The quantitative estimate of drug-likeness (QED) is 0.211. The van der Waals surface area contributed by atoms with E-state index in [0.717, 1.165) is 28.8 Å². The number of carbonyl (C=O) groups excluding carboxylic acids is 1. The lowest BCUT2D eigenvalue weighted by molar-refractivity contribution is -0.113. The molecule has 9 nitrogen and oxygen atoms in total. The van der Waals surface area contributed by atoms with Crippen molar-refractivity contribution in [2.24, 2.45) is 5.10 Å². The number of ether oxygens (including phenoxy) is 1. The number of anilines is 2. The number of thioether (sulfide) groups is 1. The van der Waals surface area contributed by atoms with Gasteiger partial charge in [-0.15, -0.1) is 10.2 Å². The van der Waals surface area contributed by atoms with Gasteiger partial charge in [0.15, 0.2) is 0 Å². The van der Waals surface area contributed by atoms with Crippen LogP contribution in [-0.4, -0.2) is 39.4 Å². The minimum Gasteiger partial charge on any atom is -0.497 e. The number of aromatic nitrogens is 3. The maximum Gasteiger partial charge on any atom is 0.264 e. The molecule has 1 amide bonds. The zero-order valence-corrected chi connectivity index (χ0v) is 17.9. The number of carbonyl (C=O) groups is 1. The molecule has 30 heavy (non-hydrogen) atoms. The van der Waals surface area contributed by atoms with Crippen LogP contribution < -0.4 is 21.3 Å². The van der Waals surface area contributed by atoms with Gasteiger partial charge in [0.2, 0.25) is 11.1 Å². The Labute approximate surface area is 182 Å². The summed E-state index contributed by atoms with van der Waals surface area (Å²) < 4.78 is 6.38. The third kappa shape index (κ3) is 5.65. The Morgan fingerprint density at radius 1 is 1.27 bits per heavy atom. The summed E-state index contributed by atoms with van der Waals surface area (Å²) >= 11 is 7.06. The number of nitrogen functional groups attached to an aromatic ring is 1. The Hall–Kier alpha value is -3.24. The molecule has 156 valence electrons. The first-order chi connectivity index (χ1) is 14.5. The fraction of sp³-hybridized carbons (Fsp3) is 0.158. The third-order valence-electron chi connectivity index (χ3n) is 3.94. The number of benzene rings is 2. The van der Waals surface area contributed by atoms with Crippen LogP contribution in [0, 0.1) is 0 Å². The van der Waals surface area contributed by atoms with E-state index < -0.39 is 0 Å². The van der Waals surface area contributed by atoms with Crippen LogP contribution >= 0.6 is 23.4 Å². The highest BCUT2D eigenvalue weighted by atomic mass is 35.5. The van der Waals surface area contributed by atoms with Crippen molar-refractivity contribution in [3.8, 4) is 5.75 Å². The predicted octanol–water partition coefficient (Wildman–Crippen LogP) is 3.22. The molecule has 0 bridgehead atoms. The molecule has 1 aromatic heterocycles. The average Bonchev–Trinajstić information content (AvgIpc) is 3.10. The van der Waals surface area contributed by atoms with E-state index in [4.69, 9.17) is 22.2 Å². The molecule has 3 aromatic rings. The summed E-state index contributed by atoms with van der Waals surface area (Å²) in [6, 6.07) is 14.4. The van der Waals surface area contributed by atoms with Gasteiger partial charge in [-0.05, 0) is 55.0 Å². The summed E-state index contributed by atoms with van der Waals surface area (Å²) in [6.07, 6.45) is 0. The average molecular weight is 446 g/mol. The normalized spacial score (nSPS) is 11.2. The number of halogens is 1. The van der Waals surface area contributed by atoms with Crippen LogP contribution in [0.5, 0.6) is 5.75 Å². The van der Waals surface area contributed by atoms with Gasteiger partial charge in [-0.3, -0.25) is 4.79 Å². The monoisotopic (exact) mass is 445 g/mol. The molecular formula is C19H20ClN7O2S. The van der Waals surface area contributed by atoms with Crippen LogP contribution in [0.4, 0.5) is 11.6 Å². The molecule has 2 aromatic carbocycles. The molecule has 0 radical (unpaired) electrons. The zero-order chi connectivity index (χ0) is 21.5. The van der Waals surface area contributed by atoms with E-state index in [2.05, 4.69) is 26.0 Å². The zero-order valence-electron chi connectivity index (χ0n) is 16.3. The smallest absolute Gasteiger partial charge is 0.264 e. The van der Waals surface area contributed by atoms with E-state index in [1.807, 2.05) is 31.2 Å². The molecule has 0 atom stereocenters. The largest absolute Gasteiger partial charge is 0.497 e. The first-order valence-corrected chi connectivity index (χ1v) is 10.2. The van der Waals surface area contributed by atoms with E-state index in [-0.39, 0.29) is 17.6 Å². The van der Waals surface area contributed by atoms with Crippen molar-refractivity contribution in [1.82, 2.24) is 14.9 Å². The van der Waals surface area contributed by atoms with E-state index in [9.17, 15) is 4.79 Å². The number of hydrazone groups is 1. The second kappa shape index (κ2) is 9.99. The molecule has 0 saturated heterocycles. The van der Waals surface area contributed by atoms with Gasteiger partial charge in [0.05, 0.1) is 18.6 Å². The molecule has 3 rings (SSSR count). The number of methoxy groups -OCH3 is 1. The second-order valence-corrected chi connectivity index (χ2v) is 7.44. The first-order valence-electron chi connectivity index (χ1n) is 8.79. The Balaban J connectivity index is 1.56. The summed E-state index contributed by atoms with van der Waals surface area (Å²) in [4.78, 5) is 12.1. The fourth-order valence-electron chi connectivity index (χ4n) is 2.38. The predicted molar refractivity (Wildman–Crippen MR) is 120 cm³/mol. The molecule has 4 N–H and O–H groups in total. The third-order valence-corrected chi connectivity index (χ3v) is 5.11. The van der Waals surface area contributed by atoms with Gasteiger partial charge in [-0.1, -0.05) is 29.4 Å². The van der Waals surface area contributed by atoms with Gasteiger partial charge in [0, 0.05) is 10.7 Å². The van der Waals surface area contributed by atoms with Crippen molar-refractivity contribution >= 4 is 46.6 Å². The minimum absolute atomic E-state index is 0.107. The van der Waals surface area contributed by atoms with Gasteiger partial charge in [0.25, 0.3) is 5.95 Å². The van der Waals surface area contributed by atoms with Gasteiger partial charge in [-0.2, -0.15) is 5.10 Å². The number of nitrogens with zero attached hydrogens (tertiary/aromatic N) is 4. The molecule has 0 aliphatic rings.